The van der Waals surface area contributed by atoms with E-state index in [4.69, 9.17) is 19.3 Å². The summed E-state index contributed by atoms with van der Waals surface area (Å²) < 4.78 is 14.7. The van der Waals surface area contributed by atoms with Crippen LogP contribution in [0.5, 0.6) is 23.0 Å². The molecular formula is C20H25NO6. The van der Waals surface area contributed by atoms with Crippen molar-refractivity contribution in [3.63, 3.8) is 0 Å². The van der Waals surface area contributed by atoms with E-state index in [0.29, 0.717) is 23.3 Å². The van der Waals surface area contributed by atoms with Gasteiger partial charge in [-0.05, 0) is 48.4 Å². The third-order valence-corrected chi connectivity index (χ3v) is 3.42. The second kappa shape index (κ2) is 12.3. The Hall–Kier alpha value is -3.06. The first-order valence-corrected chi connectivity index (χ1v) is 8.23. The molecule has 146 valence electrons. The molecule has 0 aliphatic rings. The maximum absolute atomic E-state index is 10.2. The highest BCUT2D eigenvalue weighted by Gasteiger charge is 2.01. The Morgan fingerprint density at radius 2 is 1.48 bits per heavy atom. The topological polar surface area (TPSA) is 97.6 Å². The molecule has 0 aliphatic heterocycles. The van der Waals surface area contributed by atoms with Crippen molar-refractivity contribution in [2.24, 2.45) is 4.99 Å². The Labute approximate surface area is 158 Å². The maximum atomic E-state index is 10.2. The Morgan fingerprint density at radius 1 is 0.926 bits per heavy atom. The van der Waals surface area contributed by atoms with Crippen LogP contribution in [0.3, 0.4) is 0 Å². The summed E-state index contributed by atoms with van der Waals surface area (Å²) in [4.78, 5) is 14.5. The van der Waals surface area contributed by atoms with Crippen molar-refractivity contribution in [3.8, 4) is 23.0 Å². The predicted octanol–water partition coefficient (Wildman–Crippen LogP) is 3.07. The number of aromatic hydroxyl groups is 2. The minimum atomic E-state index is 0.0399. The van der Waals surface area contributed by atoms with Crippen LogP contribution in [0.25, 0.3) is 0 Å². The van der Waals surface area contributed by atoms with E-state index in [1.165, 1.54) is 32.4 Å². The normalized spacial score (nSPS) is 10.2. The number of methoxy groups -OCH3 is 3. The van der Waals surface area contributed by atoms with E-state index in [1.54, 1.807) is 31.5 Å². The lowest BCUT2D eigenvalue weighted by Crippen LogP contribution is -1.92. The van der Waals surface area contributed by atoms with Crippen molar-refractivity contribution in [2.45, 2.75) is 6.42 Å². The molecular weight excluding hydrogens is 350 g/mol. The number of aliphatic imine (C=N–C) groups is 1. The Balaban J connectivity index is 0.000000289. The number of hydrogen-bond acceptors (Lipinski definition) is 7. The molecule has 2 aromatic carbocycles. The SMILES string of the molecule is COCCCN=Cc1ccc(O)c(OC)c1.COc1cc(C=O)ccc1O. The van der Waals surface area contributed by atoms with E-state index in [9.17, 15) is 9.90 Å². The van der Waals surface area contributed by atoms with Gasteiger partial charge in [0.1, 0.15) is 6.29 Å². The van der Waals surface area contributed by atoms with Gasteiger partial charge in [0.05, 0.1) is 14.2 Å². The fourth-order valence-electron chi connectivity index (χ4n) is 2.01. The summed E-state index contributed by atoms with van der Waals surface area (Å²) in [6.45, 7) is 1.45. The van der Waals surface area contributed by atoms with E-state index >= 15 is 0 Å². The van der Waals surface area contributed by atoms with Gasteiger partial charge in [-0.3, -0.25) is 9.79 Å². The standard InChI is InChI=1S/C12H17NO3.C8H8O3/c1-15-7-3-6-13-9-10-4-5-11(14)12(8-10)16-2;1-11-8-4-6(5-9)2-3-7(8)10/h4-5,8-9,14H,3,6-7H2,1-2H3;2-5,10H,1H3. The van der Waals surface area contributed by atoms with Gasteiger partial charge in [0.25, 0.3) is 0 Å². The van der Waals surface area contributed by atoms with Crippen LogP contribution in [0, 0.1) is 0 Å². The molecule has 2 rings (SSSR count). The van der Waals surface area contributed by atoms with Crippen LogP contribution in [0.15, 0.2) is 41.4 Å². The van der Waals surface area contributed by atoms with E-state index in [-0.39, 0.29) is 11.5 Å². The molecule has 0 radical (unpaired) electrons. The number of carbonyl (C=O) groups is 1. The zero-order chi connectivity index (χ0) is 20.1. The minimum Gasteiger partial charge on any atom is -0.504 e. The lowest BCUT2D eigenvalue weighted by atomic mass is 10.2. The van der Waals surface area contributed by atoms with Crippen LogP contribution in [-0.4, -0.2) is 57.2 Å². The van der Waals surface area contributed by atoms with E-state index in [0.717, 1.165) is 25.1 Å². The number of carbonyl (C=O) groups excluding carboxylic acids is 1. The predicted molar refractivity (Wildman–Crippen MR) is 104 cm³/mol. The third kappa shape index (κ3) is 7.79. The maximum Gasteiger partial charge on any atom is 0.161 e. The second-order valence-electron chi connectivity index (χ2n) is 5.36. The van der Waals surface area contributed by atoms with Gasteiger partial charge in [0, 0.05) is 32.0 Å². The van der Waals surface area contributed by atoms with Crippen molar-refractivity contribution >= 4 is 12.5 Å². The van der Waals surface area contributed by atoms with E-state index < -0.39 is 0 Å². The van der Waals surface area contributed by atoms with Crippen LogP contribution in [-0.2, 0) is 4.74 Å². The van der Waals surface area contributed by atoms with Gasteiger partial charge >= 0.3 is 0 Å². The molecule has 0 aliphatic carbocycles. The number of ether oxygens (including phenoxy) is 3. The molecule has 0 aromatic heterocycles. The molecule has 7 nitrogen and oxygen atoms in total. The van der Waals surface area contributed by atoms with Crippen LogP contribution >= 0.6 is 0 Å². The summed E-state index contributed by atoms with van der Waals surface area (Å²) >= 11 is 0. The number of phenolic OH excluding ortho intramolecular Hbond substituents is 2. The number of aldehydes is 1. The van der Waals surface area contributed by atoms with Crippen molar-refractivity contribution in [2.75, 3.05) is 34.5 Å². The van der Waals surface area contributed by atoms with Crippen LogP contribution in [0.4, 0.5) is 0 Å². The fraction of sp³-hybridized carbons (Fsp3) is 0.300. The third-order valence-electron chi connectivity index (χ3n) is 3.42. The van der Waals surface area contributed by atoms with Crippen molar-refractivity contribution in [1.82, 2.24) is 0 Å². The number of nitrogens with zero attached hydrogens (tertiary/aromatic N) is 1. The molecule has 0 spiro atoms. The van der Waals surface area contributed by atoms with Gasteiger partial charge in [-0.25, -0.2) is 0 Å². The molecule has 0 saturated carbocycles. The molecule has 0 heterocycles. The van der Waals surface area contributed by atoms with Crippen LogP contribution < -0.4 is 9.47 Å². The second-order valence-corrected chi connectivity index (χ2v) is 5.36. The largest absolute Gasteiger partial charge is 0.504 e. The molecule has 0 bridgehead atoms. The van der Waals surface area contributed by atoms with E-state index in [2.05, 4.69) is 4.99 Å². The minimum absolute atomic E-state index is 0.0399. The summed E-state index contributed by atoms with van der Waals surface area (Å²) in [6.07, 6.45) is 3.36. The number of rotatable bonds is 8. The molecule has 0 amide bonds. The number of phenols is 2. The summed E-state index contributed by atoms with van der Waals surface area (Å²) in [6, 6.07) is 9.54. The molecule has 0 atom stereocenters. The molecule has 0 saturated heterocycles. The first kappa shape index (κ1) is 22.0. The van der Waals surface area contributed by atoms with Crippen LogP contribution in [0.2, 0.25) is 0 Å². The monoisotopic (exact) mass is 375 g/mol. The van der Waals surface area contributed by atoms with Gasteiger partial charge in [0.15, 0.2) is 23.0 Å². The van der Waals surface area contributed by atoms with Crippen LogP contribution in [0.1, 0.15) is 22.3 Å². The summed E-state index contributed by atoms with van der Waals surface area (Å²) in [5.74, 6) is 0.951. The Kier molecular flexibility index (Phi) is 10.0. The first-order valence-electron chi connectivity index (χ1n) is 8.23. The Morgan fingerprint density at radius 3 is 2.00 bits per heavy atom. The van der Waals surface area contributed by atoms with E-state index in [1.807, 2.05) is 0 Å². The molecule has 2 N–H and O–H groups in total. The quantitative estimate of drug-likeness (QED) is 0.418. The molecule has 27 heavy (non-hydrogen) atoms. The summed E-state index contributed by atoms with van der Waals surface area (Å²) in [5, 5.41) is 18.5. The smallest absolute Gasteiger partial charge is 0.161 e. The molecule has 0 unspecified atom stereocenters. The van der Waals surface area contributed by atoms with Crippen molar-refractivity contribution < 1.29 is 29.2 Å². The molecule has 2 aromatic rings. The lowest BCUT2D eigenvalue weighted by Gasteiger charge is -2.03. The number of benzene rings is 2. The molecule has 0 fully saturated rings. The van der Waals surface area contributed by atoms with Gasteiger partial charge < -0.3 is 24.4 Å². The highest BCUT2D eigenvalue weighted by molar-refractivity contribution is 5.80. The highest BCUT2D eigenvalue weighted by Crippen LogP contribution is 2.26. The average Bonchev–Trinajstić information content (AvgIpc) is 2.70. The Bertz CT molecular complexity index is 745. The van der Waals surface area contributed by atoms with Crippen molar-refractivity contribution in [3.05, 3.63) is 47.5 Å². The average molecular weight is 375 g/mol. The first-order chi connectivity index (χ1) is 13.0. The molecule has 7 heteroatoms. The van der Waals surface area contributed by atoms with Gasteiger partial charge in [0.2, 0.25) is 0 Å². The zero-order valence-electron chi connectivity index (χ0n) is 15.7. The number of hydrogen-bond donors (Lipinski definition) is 2. The zero-order valence-corrected chi connectivity index (χ0v) is 15.7. The van der Waals surface area contributed by atoms with Crippen molar-refractivity contribution in [1.29, 1.82) is 0 Å². The summed E-state index contributed by atoms with van der Waals surface area (Å²) in [7, 11) is 4.63. The van der Waals surface area contributed by atoms with Gasteiger partial charge in [-0.15, -0.1) is 0 Å². The summed E-state index contributed by atoms with van der Waals surface area (Å²) in [5.41, 5.74) is 1.40. The van der Waals surface area contributed by atoms with Gasteiger partial charge in [-0.2, -0.15) is 0 Å². The lowest BCUT2D eigenvalue weighted by molar-refractivity contribution is 0.112. The fourth-order valence-corrected chi connectivity index (χ4v) is 2.01. The highest BCUT2D eigenvalue weighted by atomic mass is 16.5. The van der Waals surface area contributed by atoms with Gasteiger partial charge in [-0.1, -0.05) is 0 Å².